The van der Waals surface area contributed by atoms with Crippen LogP contribution in [0, 0.1) is 5.82 Å². The number of hydrogen-bond donors (Lipinski definition) is 1. The zero-order chi connectivity index (χ0) is 8.55. The van der Waals surface area contributed by atoms with Crippen LogP contribution < -0.4 is 5.32 Å². The summed E-state index contributed by atoms with van der Waals surface area (Å²) >= 11 is 3.18. The molecule has 0 atom stereocenters. The van der Waals surface area contributed by atoms with Crippen molar-refractivity contribution in [2.75, 3.05) is 6.54 Å². The molecule has 1 aromatic rings. The molecule has 0 unspecified atom stereocenters. The summed E-state index contributed by atoms with van der Waals surface area (Å²) in [7, 11) is 0. The van der Waals surface area contributed by atoms with Crippen LogP contribution in [0.2, 0.25) is 0 Å². The summed E-state index contributed by atoms with van der Waals surface area (Å²) in [5.41, 5.74) is 2.34. The second-order valence-corrected chi connectivity index (χ2v) is 3.82. The molecule has 1 heterocycles. The Balaban J connectivity index is 0.000000845. The van der Waals surface area contributed by atoms with Gasteiger partial charge in [-0.1, -0.05) is 0 Å². The molecule has 72 valence electrons. The van der Waals surface area contributed by atoms with Crippen LogP contribution in [0.15, 0.2) is 16.6 Å². The normalized spacial score (nSPS) is 14.6. The number of halogens is 3. The first-order valence-electron chi connectivity index (χ1n) is 3.95. The van der Waals surface area contributed by atoms with E-state index in [1.165, 1.54) is 5.56 Å². The molecule has 4 heteroatoms. The van der Waals surface area contributed by atoms with Crippen molar-refractivity contribution < 1.29 is 4.39 Å². The van der Waals surface area contributed by atoms with Gasteiger partial charge >= 0.3 is 0 Å². The molecular formula is C9H10BrClFN. The maximum absolute atomic E-state index is 13.0. The third-order valence-corrected chi connectivity index (χ3v) is 2.74. The Morgan fingerprint density at radius 1 is 1.31 bits per heavy atom. The van der Waals surface area contributed by atoms with Gasteiger partial charge in [-0.15, -0.1) is 12.4 Å². The molecular weight excluding hydrogens is 256 g/mol. The smallest absolute Gasteiger partial charge is 0.137 e. The van der Waals surface area contributed by atoms with Crippen LogP contribution >= 0.6 is 28.3 Å². The van der Waals surface area contributed by atoms with E-state index in [9.17, 15) is 4.39 Å². The van der Waals surface area contributed by atoms with Crippen LogP contribution in [0.3, 0.4) is 0 Å². The van der Waals surface area contributed by atoms with E-state index in [0.717, 1.165) is 25.1 Å². The van der Waals surface area contributed by atoms with Crippen LogP contribution in [0.5, 0.6) is 0 Å². The zero-order valence-corrected chi connectivity index (χ0v) is 9.34. The largest absolute Gasteiger partial charge is 0.312 e. The molecule has 0 amide bonds. The van der Waals surface area contributed by atoms with E-state index in [4.69, 9.17) is 0 Å². The molecule has 1 nitrogen and oxygen atoms in total. The van der Waals surface area contributed by atoms with E-state index < -0.39 is 0 Å². The van der Waals surface area contributed by atoms with Gasteiger partial charge in [0.1, 0.15) is 5.82 Å². The Bertz CT molecular complexity index is 286. The van der Waals surface area contributed by atoms with E-state index in [0.29, 0.717) is 4.47 Å². The van der Waals surface area contributed by atoms with Gasteiger partial charge in [0.25, 0.3) is 0 Å². The Labute approximate surface area is 91.3 Å². The van der Waals surface area contributed by atoms with Crippen molar-refractivity contribution in [1.82, 2.24) is 5.32 Å². The van der Waals surface area contributed by atoms with E-state index in [2.05, 4.69) is 21.2 Å². The molecule has 0 aromatic heterocycles. The Kier molecular flexibility index (Phi) is 3.71. The topological polar surface area (TPSA) is 12.0 Å². The summed E-state index contributed by atoms with van der Waals surface area (Å²) < 4.78 is 13.6. The molecule has 0 aliphatic carbocycles. The van der Waals surface area contributed by atoms with Crippen molar-refractivity contribution >= 4 is 28.3 Å². The SMILES string of the molecule is Cl.Fc1cc2c(cc1Br)CCNC2. The lowest BCUT2D eigenvalue weighted by Gasteiger charge is -2.17. The molecule has 2 rings (SSSR count). The predicted octanol–water partition coefficient (Wildman–Crippen LogP) is 2.66. The lowest BCUT2D eigenvalue weighted by Crippen LogP contribution is -2.23. The van der Waals surface area contributed by atoms with Crippen molar-refractivity contribution in [3.8, 4) is 0 Å². The number of hydrogen-bond acceptors (Lipinski definition) is 1. The highest BCUT2D eigenvalue weighted by Gasteiger charge is 2.11. The molecule has 13 heavy (non-hydrogen) atoms. The fourth-order valence-corrected chi connectivity index (χ4v) is 1.86. The van der Waals surface area contributed by atoms with Crippen molar-refractivity contribution in [3.63, 3.8) is 0 Å². The minimum atomic E-state index is -0.169. The first-order chi connectivity index (χ1) is 5.77. The monoisotopic (exact) mass is 265 g/mol. The van der Waals surface area contributed by atoms with Crippen LogP contribution in [0.1, 0.15) is 11.1 Å². The highest BCUT2D eigenvalue weighted by molar-refractivity contribution is 9.10. The minimum Gasteiger partial charge on any atom is -0.312 e. The minimum absolute atomic E-state index is 0. The number of benzene rings is 1. The summed E-state index contributed by atoms with van der Waals surface area (Å²) in [6.07, 6.45) is 0.994. The van der Waals surface area contributed by atoms with E-state index in [-0.39, 0.29) is 18.2 Å². The highest BCUT2D eigenvalue weighted by atomic mass is 79.9. The first kappa shape index (κ1) is 11.0. The highest BCUT2D eigenvalue weighted by Crippen LogP contribution is 2.22. The van der Waals surface area contributed by atoms with Gasteiger partial charge in [-0.05, 0) is 52.2 Å². The van der Waals surface area contributed by atoms with E-state index >= 15 is 0 Å². The lowest BCUT2D eigenvalue weighted by molar-refractivity contribution is 0.599. The molecule has 0 bridgehead atoms. The van der Waals surface area contributed by atoms with Crippen LogP contribution in [-0.2, 0) is 13.0 Å². The standard InChI is InChI=1S/C9H9BrFN.ClH/c10-8-3-6-1-2-12-5-7(6)4-9(8)11;/h3-4,12H,1-2,5H2;1H. The molecule has 0 fully saturated rings. The molecule has 1 aliphatic heterocycles. The Morgan fingerprint density at radius 3 is 2.85 bits per heavy atom. The van der Waals surface area contributed by atoms with Crippen molar-refractivity contribution in [1.29, 1.82) is 0 Å². The van der Waals surface area contributed by atoms with Gasteiger partial charge in [-0.3, -0.25) is 0 Å². The van der Waals surface area contributed by atoms with E-state index in [1.807, 2.05) is 6.07 Å². The maximum atomic E-state index is 13.0. The van der Waals surface area contributed by atoms with Crippen LogP contribution in [-0.4, -0.2) is 6.54 Å². The fourth-order valence-electron chi connectivity index (χ4n) is 1.47. The van der Waals surface area contributed by atoms with Crippen molar-refractivity contribution in [2.45, 2.75) is 13.0 Å². The van der Waals surface area contributed by atoms with Gasteiger partial charge < -0.3 is 5.32 Å². The molecule has 0 spiro atoms. The van der Waals surface area contributed by atoms with Gasteiger partial charge in [-0.25, -0.2) is 4.39 Å². The zero-order valence-electron chi connectivity index (χ0n) is 6.94. The molecule has 1 aliphatic rings. The maximum Gasteiger partial charge on any atom is 0.137 e. The van der Waals surface area contributed by atoms with Gasteiger partial charge in [-0.2, -0.15) is 0 Å². The summed E-state index contributed by atoms with van der Waals surface area (Å²) in [6.45, 7) is 1.78. The van der Waals surface area contributed by atoms with Gasteiger partial charge in [0, 0.05) is 6.54 Å². The fraction of sp³-hybridized carbons (Fsp3) is 0.333. The summed E-state index contributed by atoms with van der Waals surface area (Å²) in [6, 6.07) is 3.48. The predicted molar refractivity (Wildman–Crippen MR) is 56.8 cm³/mol. The third kappa shape index (κ3) is 2.22. The first-order valence-corrected chi connectivity index (χ1v) is 4.74. The average molecular weight is 267 g/mol. The van der Waals surface area contributed by atoms with E-state index in [1.54, 1.807) is 6.07 Å². The van der Waals surface area contributed by atoms with Gasteiger partial charge in [0.15, 0.2) is 0 Å². The second-order valence-electron chi connectivity index (χ2n) is 2.96. The number of fused-ring (bicyclic) bond motifs is 1. The molecule has 1 N–H and O–H groups in total. The summed E-state index contributed by atoms with van der Waals surface area (Å²) in [5, 5.41) is 3.21. The summed E-state index contributed by atoms with van der Waals surface area (Å²) in [5.74, 6) is -0.169. The molecule has 0 saturated carbocycles. The number of nitrogens with one attached hydrogen (secondary N) is 1. The third-order valence-electron chi connectivity index (χ3n) is 2.13. The van der Waals surface area contributed by atoms with Gasteiger partial charge in [0.05, 0.1) is 4.47 Å². The average Bonchev–Trinajstić information content (AvgIpc) is 2.07. The van der Waals surface area contributed by atoms with Crippen LogP contribution in [0.4, 0.5) is 4.39 Å². The Hall–Kier alpha value is -0.120. The lowest BCUT2D eigenvalue weighted by atomic mass is 10.0. The van der Waals surface area contributed by atoms with Gasteiger partial charge in [0.2, 0.25) is 0 Å². The molecule has 1 aromatic carbocycles. The van der Waals surface area contributed by atoms with Crippen LogP contribution in [0.25, 0.3) is 0 Å². The quantitative estimate of drug-likeness (QED) is 0.761. The van der Waals surface area contributed by atoms with Crippen molar-refractivity contribution in [3.05, 3.63) is 33.5 Å². The Morgan fingerprint density at radius 2 is 2.08 bits per heavy atom. The summed E-state index contributed by atoms with van der Waals surface area (Å²) in [4.78, 5) is 0. The second kappa shape index (κ2) is 4.40. The number of rotatable bonds is 0. The molecule has 0 saturated heterocycles. The molecule has 0 radical (unpaired) electrons. The van der Waals surface area contributed by atoms with Crippen molar-refractivity contribution in [2.24, 2.45) is 0 Å².